The highest BCUT2D eigenvalue weighted by atomic mass is 19.4. The molecule has 1 aliphatic heterocycles. The molecular weight excluding hydrogens is 259 g/mol. The average molecular weight is 275 g/mol. The van der Waals surface area contributed by atoms with Crippen LogP contribution in [0.4, 0.5) is 19.0 Å². The summed E-state index contributed by atoms with van der Waals surface area (Å²) in [6.45, 7) is 1.21. The van der Waals surface area contributed by atoms with Crippen LogP contribution in [0.2, 0.25) is 0 Å². The number of nitrogens with zero attached hydrogens (tertiary/aromatic N) is 4. The molecule has 0 radical (unpaired) electrons. The zero-order valence-corrected chi connectivity index (χ0v) is 10.4. The van der Waals surface area contributed by atoms with Gasteiger partial charge in [-0.1, -0.05) is 0 Å². The van der Waals surface area contributed by atoms with Crippen molar-refractivity contribution in [3.05, 3.63) is 17.8 Å². The van der Waals surface area contributed by atoms with E-state index in [1.807, 2.05) is 4.90 Å². The summed E-state index contributed by atoms with van der Waals surface area (Å²) >= 11 is 0. The molecule has 0 aromatic carbocycles. The minimum Gasteiger partial charge on any atom is -0.352 e. The molecule has 0 aliphatic carbocycles. The normalized spacial score (nSPS) is 17.8. The molecule has 8 heteroatoms. The van der Waals surface area contributed by atoms with Crippen molar-refractivity contribution in [3.63, 3.8) is 0 Å². The van der Waals surface area contributed by atoms with Gasteiger partial charge < -0.3 is 10.6 Å². The first kappa shape index (κ1) is 14.0. The fourth-order valence-corrected chi connectivity index (χ4v) is 2.15. The van der Waals surface area contributed by atoms with E-state index >= 15 is 0 Å². The highest BCUT2D eigenvalue weighted by Gasteiger charge is 2.32. The Labute approximate surface area is 109 Å². The van der Waals surface area contributed by atoms with Crippen molar-refractivity contribution in [2.45, 2.75) is 12.7 Å². The monoisotopic (exact) mass is 275 g/mol. The van der Waals surface area contributed by atoms with Gasteiger partial charge in [-0.15, -0.1) is 5.10 Å². The van der Waals surface area contributed by atoms with Gasteiger partial charge in [0.25, 0.3) is 0 Å². The molecule has 0 bridgehead atoms. The van der Waals surface area contributed by atoms with Crippen LogP contribution in [0.25, 0.3) is 0 Å². The lowest BCUT2D eigenvalue weighted by Gasteiger charge is -2.36. The van der Waals surface area contributed by atoms with Gasteiger partial charge in [-0.25, -0.2) is 0 Å². The van der Waals surface area contributed by atoms with Crippen LogP contribution in [0.3, 0.4) is 0 Å². The van der Waals surface area contributed by atoms with E-state index in [1.54, 1.807) is 12.3 Å². The molecule has 0 amide bonds. The van der Waals surface area contributed by atoms with Gasteiger partial charge in [0.15, 0.2) is 5.82 Å². The van der Waals surface area contributed by atoms with Crippen LogP contribution in [0.1, 0.15) is 5.56 Å². The molecule has 2 N–H and O–H groups in total. The molecule has 5 nitrogen and oxygen atoms in total. The smallest absolute Gasteiger partial charge is 0.352 e. The van der Waals surface area contributed by atoms with Gasteiger partial charge in [0.1, 0.15) is 0 Å². The molecule has 0 unspecified atom stereocenters. The second-order valence-electron chi connectivity index (χ2n) is 4.46. The number of alkyl halides is 3. The van der Waals surface area contributed by atoms with Gasteiger partial charge in [-0.05, 0) is 6.07 Å². The Bertz CT molecular complexity index is 415. The van der Waals surface area contributed by atoms with Crippen LogP contribution in [0.15, 0.2) is 12.3 Å². The molecular formula is C11H16F3N5. The Kier molecular flexibility index (Phi) is 4.20. The third-order valence-electron chi connectivity index (χ3n) is 3.08. The SMILES string of the molecule is NCc1ccnnc1N1CCN(CC(F)(F)F)CC1. The van der Waals surface area contributed by atoms with Gasteiger partial charge in [-0.3, -0.25) is 4.90 Å². The predicted octanol–water partition coefficient (Wildman–Crippen LogP) is 0.620. The number of piperazine rings is 1. The third-order valence-corrected chi connectivity index (χ3v) is 3.08. The second kappa shape index (κ2) is 5.70. The fraction of sp³-hybridized carbons (Fsp3) is 0.636. The van der Waals surface area contributed by atoms with Crippen molar-refractivity contribution in [1.82, 2.24) is 15.1 Å². The minimum absolute atomic E-state index is 0.341. The van der Waals surface area contributed by atoms with Crippen molar-refractivity contribution in [3.8, 4) is 0 Å². The second-order valence-corrected chi connectivity index (χ2v) is 4.46. The summed E-state index contributed by atoms with van der Waals surface area (Å²) in [5.41, 5.74) is 6.47. The molecule has 0 spiro atoms. The summed E-state index contributed by atoms with van der Waals surface area (Å²) in [4.78, 5) is 3.33. The molecule has 106 valence electrons. The molecule has 2 rings (SSSR count). The average Bonchev–Trinajstić information content (AvgIpc) is 2.38. The summed E-state index contributed by atoms with van der Waals surface area (Å²) in [5.74, 6) is 0.677. The van der Waals surface area contributed by atoms with E-state index in [4.69, 9.17) is 5.73 Å². The largest absolute Gasteiger partial charge is 0.401 e. The molecule has 0 saturated carbocycles. The lowest BCUT2D eigenvalue weighted by atomic mass is 10.2. The summed E-state index contributed by atoms with van der Waals surface area (Å²) in [5, 5.41) is 7.83. The number of rotatable bonds is 3. The van der Waals surface area contributed by atoms with E-state index in [1.165, 1.54) is 4.90 Å². The lowest BCUT2D eigenvalue weighted by molar-refractivity contribution is -0.146. The Balaban J connectivity index is 1.96. The number of anilines is 1. The molecule has 1 aromatic rings. The van der Waals surface area contributed by atoms with Crippen molar-refractivity contribution < 1.29 is 13.2 Å². The first-order chi connectivity index (χ1) is 8.99. The van der Waals surface area contributed by atoms with E-state index in [0.29, 0.717) is 38.5 Å². The van der Waals surface area contributed by atoms with Crippen LogP contribution in [-0.2, 0) is 6.54 Å². The number of hydrogen-bond acceptors (Lipinski definition) is 5. The first-order valence-corrected chi connectivity index (χ1v) is 6.04. The molecule has 0 atom stereocenters. The van der Waals surface area contributed by atoms with E-state index in [2.05, 4.69) is 10.2 Å². The highest BCUT2D eigenvalue weighted by Crippen LogP contribution is 2.20. The summed E-state index contributed by atoms with van der Waals surface area (Å²) in [6.07, 6.45) is -2.58. The van der Waals surface area contributed by atoms with Crippen molar-refractivity contribution >= 4 is 5.82 Å². The van der Waals surface area contributed by atoms with Crippen LogP contribution in [0, 0.1) is 0 Å². The van der Waals surface area contributed by atoms with Crippen LogP contribution in [-0.4, -0.2) is 54.0 Å². The van der Waals surface area contributed by atoms with E-state index < -0.39 is 12.7 Å². The standard InChI is InChI=1S/C11H16F3N5/c12-11(13,14)8-18-3-5-19(6-4-18)10-9(7-15)1-2-16-17-10/h1-2H,3-8,15H2. The third kappa shape index (κ3) is 3.77. The van der Waals surface area contributed by atoms with Crippen LogP contribution >= 0.6 is 0 Å². The van der Waals surface area contributed by atoms with Crippen molar-refractivity contribution in [2.24, 2.45) is 5.73 Å². The Morgan fingerprint density at radius 3 is 2.47 bits per heavy atom. The fourth-order valence-electron chi connectivity index (χ4n) is 2.15. The summed E-state index contributed by atoms with van der Waals surface area (Å²) in [6, 6.07) is 1.78. The number of aromatic nitrogens is 2. The zero-order chi connectivity index (χ0) is 13.9. The molecule has 1 aliphatic rings. The number of hydrogen-bond donors (Lipinski definition) is 1. The van der Waals surface area contributed by atoms with Gasteiger partial charge in [0.2, 0.25) is 0 Å². The van der Waals surface area contributed by atoms with Gasteiger partial charge in [-0.2, -0.15) is 18.3 Å². The first-order valence-electron chi connectivity index (χ1n) is 6.04. The molecule has 1 saturated heterocycles. The number of halogens is 3. The van der Waals surface area contributed by atoms with E-state index in [0.717, 1.165) is 5.56 Å². The summed E-state index contributed by atoms with van der Waals surface area (Å²) < 4.78 is 36.9. The molecule has 19 heavy (non-hydrogen) atoms. The lowest BCUT2D eigenvalue weighted by Crippen LogP contribution is -2.49. The maximum atomic E-state index is 12.3. The Hall–Kier alpha value is -1.41. The van der Waals surface area contributed by atoms with Gasteiger partial charge >= 0.3 is 6.18 Å². The quantitative estimate of drug-likeness (QED) is 0.876. The van der Waals surface area contributed by atoms with Crippen molar-refractivity contribution in [2.75, 3.05) is 37.6 Å². The zero-order valence-electron chi connectivity index (χ0n) is 10.4. The Morgan fingerprint density at radius 1 is 1.21 bits per heavy atom. The molecule has 1 aromatic heterocycles. The van der Waals surface area contributed by atoms with Crippen LogP contribution < -0.4 is 10.6 Å². The topological polar surface area (TPSA) is 58.3 Å². The maximum absolute atomic E-state index is 12.3. The highest BCUT2D eigenvalue weighted by molar-refractivity contribution is 5.45. The maximum Gasteiger partial charge on any atom is 0.401 e. The predicted molar refractivity (Wildman–Crippen MR) is 64.6 cm³/mol. The molecule has 1 fully saturated rings. The molecule has 2 heterocycles. The van der Waals surface area contributed by atoms with Crippen LogP contribution in [0.5, 0.6) is 0 Å². The number of nitrogens with two attached hydrogens (primary N) is 1. The van der Waals surface area contributed by atoms with Gasteiger partial charge in [0.05, 0.1) is 12.7 Å². The Morgan fingerprint density at radius 2 is 1.89 bits per heavy atom. The van der Waals surface area contributed by atoms with Gasteiger partial charge in [0, 0.05) is 38.3 Å². The van der Waals surface area contributed by atoms with E-state index in [9.17, 15) is 13.2 Å². The summed E-state index contributed by atoms with van der Waals surface area (Å²) in [7, 11) is 0. The minimum atomic E-state index is -4.14. The van der Waals surface area contributed by atoms with E-state index in [-0.39, 0.29) is 0 Å². The van der Waals surface area contributed by atoms with Crippen molar-refractivity contribution in [1.29, 1.82) is 0 Å².